The fourth-order valence-electron chi connectivity index (χ4n) is 1.68. The first-order valence-electron chi connectivity index (χ1n) is 5.75. The standard InChI is InChI=1S/C11H22N2O2/c1-9(2)12-5-3-4-11(15)13-6-10(7-13)8-14/h9-10,12,14H,3-8H2,1-2H3. The molecule has 0 aromatic heterocycles. The van der Waals surface area contributed by atoms with Crippen LogP contribution in [0.15, 0.2) is 0 Å². The van der Waals surface area contributed by atoms with Crippen molar-refractivity contribution >= 4 is 5.91 Å². The lowest BCUT2D eigenvalue weighted by Gasteiger charge is -2.38. The van der Waals surface area contributed by atoms with Crippen molar-refractivity contribution in [3.63, 3.8) is 0 Å². The zero-order chi connectivity index (χ0) is 11.3. The first-order chi connectivity index (χ1) is 7.13. The molecule has 2 N–H and O–H groups in total. The summed E-state index contributed by atoms with van der Waals surface area (Å²) in [5.41, 5.74) is 0. The van der Waals surface area contributed by atoms with Gasteiger partial charge in [-0.3, -0.25) is 4.79 Å². The molecule has 4 nitrogen and oxygen atoms in total. The average Bonchev–Trinajstić information content (AvgIpc) is 2.10. The van der Waals surface area contributed by atoms with Gasteiger partial charge in [0.05, 0.1) is 0 Å². The molecule has 1 aliphatic heterocycles. The van der Waals surface area contributed by atoms with Gasteiger partial charge in [-0.05, 0) is 13.0 Å². The minimum absolute atomic E-state index is 0.207. The zero-order valence-corrected chi connectivity index (χ0v) is 9.70. The second kappa shape index (κ2) is 6.08. The van der Waals surface area contributed by atoms with E-state index in [4.69, 9.17) is 5.11 Å². The Morgan fingerprint density at radius 3 is 2.73 bits per heavy atom. The van der Waals surface area contributed by atoms with E-state index in [0.29, 0.717) is 18.4 Å². The Labute approximate surface area is 91.6 Å². The maximum atomic E-state index is 11.5. The third kappa shape index (κ3) is 4.18. The van der Waals surface area contributed by atoms with E-state index in [1.807, 2.05) is 4.90 Å². The summed E-state index contributed by atoms with van der Waals surface area (Å²) in [6.07, 6.45) is 1.52. The number of aliphatic hydroxyl groups is 1. The topological polar surface area (TPSA) is 52.6 Å². The summed E-state index contributed by atoms with van der Waals surface area (Å²) in [6, 6.07) is 0.489. The Balaban J connectivity index is 2.00. The fourth-order valence-corrected chi connectivity index (χ4v) is 1.68. The minimum Gasteiger partial charge on any atom is -0.396 e. The number of aliphatic hydroxyl groups excluding tert-OH is 1. The summed E-state index contributed by atoms with van der Waals surface area (Å²) in [5.74, 6) is 0.549. The maximum Gasteiger partial charge on any atom is 0.222 e. The quantitative estimate of drug-likeness (QED) is 0.622. The van der Waals surface area contributed by atoms with Crippen LogP contribution in [0.5, 0.6) is 0 Å². The molecule has 1 heterocycles. The number of carbonyl (C=O) groups is 1. The van der Waals surface area contributed by atoms with Crippen LogP contribution in [0.25, 0.3) is 0 Å². The minimum atomic E-state index is 0.207. The lowest BCUT2D eigenvalue weighted by molar-refractivity contribution is -0.138. The Kier molecular flexibility index (Phi) is 5.05. The van der Waals surface area contributed by atoms with E-state index < -0.39 is 0 Å². The van der Waals surface area contributed by atoms with E-state index in [1.54, 1.807) is 0 Å². The second-order valence-electron chi connectivity index (χ2n) is 4.56. The van der Waals surface area contributed by atoms with Crippen molar-refractivity contribution < 1.29 is 9.90 Å². The molecule has 1 fully saturated rings. The normalized spacial score (nSPS) is 16.9. The number of carbonyl (C=O) groups excluding carboxylic acids is 1. The molecule has 1 aliphatic rings. The molecule has 4 heteroatoms. The number of hydrogen-bond donors (Lipinski definition) is 2. The molecule has 0 atom stereocenters. The molecule has 0 aromatic rings. The van der Waals surface area contributed by atoms with E-state index in [9.17, 15) is 4.79 Å². The van der Waals surface area contributed by atoms with Crippen LogP contribution in [0, 0.1) is 5.92 Å². The molecule has 15 heavy (non-hydrogen) atoms. The molecule has 0 bridgehead atoms. The van der Waals surface area contributed by atoms with Gasteiger partial charge in [0.1, 0.15) is 0 Å². The van der Waals surface area contributed by atoms with Crippen molar-refractivity contribution in [2.24, 2.45) is 5.92 Å². The highest BCUT2D eigenvalue weighted by Gasteiger charge is 2.29. The van der Waals surface area contributed by atoms with Gasteiger partial charge in [-0.1, -0.05) is 13.8 Å². The second-order valence-corrected chi connectivity index (χ2v) is 4.56. The largest absolute Gasteiger partial charge is 0.396 e. The predicted octanol–water partition coefficient (Wildman–Crippen LogP) is 0.215. The van der Waals surface area contributed by atoms with E-state index in [2.05, 4.69) is 19.2 Å². The summed E-state index contributed by atoms with van der Waals surface area (Å²) in [7, 11) is 0. The molecule has 88 valence electrons. The third-order valence-corrected chi connectivity index (χ3v) is 2.69. The Bertz CT molecular complexity index is 201. The summed E-state index contributed by atoms with van der Waals surface area (Å²) in [6.45, 7) is 6.80. The predicted molar refractivity (Wildman–Crippen MR) is 59.5 cm³/mol. The number of nitrogens with one attached hydrogen (secondary N) is 1. The fraction of sp³-hybridized carbons (Fsp3) is 0.909. The molecule has 0 spiro atoms. The summed E-state index contributed by atoms with van der Waals surface area (Å²) < 4.78 is 0. The van der Waals surface area contributed by atoms with Crippen molar-refractivity contribution in [3.05, 3.63) is 0 Å². The zero-order valence-electron chi connectivity index (χ0n) is 9.70. The number of amides is 1. The van der Waals surface area contributed by atoms with E-state index >= 15 is 0 Å². The van der Waals surface area contributed by atoms with Gasteiger partial charge in [-0.2, -0.15) is 0 Å². The van der Waals surface area contributed by atoms with Crippen molar-refractivity contribution in [2.75, 3.05) is 26.2 Å². The van der Waals surface area contributed by atoms with Gasteiger partial charge in [0, 0.05) is 38.1 Å². The number of nitrogens with zero attached hydrogens (tertiary/aromatic N) is 1. The maximum absolute atomic E-state index is 11.5. The van der Waals surface area contributed by atoms with Gasteiger partial charge >= 0.3 is 0 Å². The SMILES string of the molecule is CC(C)NCCCC(=O)N1CC(CO)C1. The van der Waals surface area contributed by atoms with Crippen molar-refractivity contribution in [2.45, 2.75) is 32.7 Å². The van der Waals surface area contributed by atoms with Crippen LogP contribution in [0.1, 0.15) is 26.7 Å². The molecule has 0 radical (unpaired) electrons. The molecule has 0 aliphatic carbocycles. The van der Waals surface area contributed by atoms with Gasteiger partial charge < -0.3 is 15.3 Å². The summed E-state index contributed by atoms with van der Waals surface area (Å²) in [4.78, 5) is 13.4. The molecule has 0 aromatic carbocycles. The Hall–Kier alpha value is -0.610. The van der Waals surface area contributed by atoms with Gasteiger partial charge in [0.2, 0.25) is 5.91 Å². The van der Waals surface area contributed by atoms with Crippen LogP contribution in [0.2, 0.25) is 0 Å². The molecule has 1 rings (SSSR count). The van der Waals surface area contributed by atoms with Crippen molar-refractivity contribution in [3.8, 4) is 0 Å². The van der Waals surface area contributed by atoms with Crippen LogP contribution in [0.4, 0.5) is 0 Å². The van der Waals surface area contributed by atoms with Crippen LogP contribution in [0.3, 0.4) is 0 Å². The van der Waals surface area contributed by atoms with Crippen molar-refractivity contribution in [1.29, 1.82) is 0 Å². The van der Waals surface area contributed by atoms with Gasteiger partial charge in [-0.25, -0.2) is 0 Å². The summed E-state index contributed by atoms with van der Waals surface area (Å²) in [5, 5.41) is 12.1. The monoisotopic (exact) mass is 214 g/mol. The number of hydrogen-bond acceptors (Lipinski definition) is 3. The molecule has 1 amide bonds. The van der Waals surface area contributed by atoms with E-state index in [0.717, 1.165) is 26.1 Å². The molecular weight excluding hydrogens is 192 g/mol. The van der Waals surface area contributed by atoms with Gasteiger partial charge in [0.25, 0.3) is 0 Å². The molecule has 0 unspecified atom stereocenters. The van der Waals surface area contributed by atoms with E-state index in [-0.39, 0.29) is 12.5 Å². The lowest BCUT2D eigenvalue weighted by atomic mass is 10.0. The molecular formula is C11H22N2O2. The smallest absolute Gasteiger partial charge is 0.222 e. The van der Waals surface area contributed by atoms with Crippen LogP contribution >= 0.6 is 0 Å². The third-order valence-electron chi connectivity index (χ3n) is 2.69. The van der Waals surface area contributed by atoms with Gasteiger partial charge in [-0.15, -0.1) is 0 Å². The van der Waals surface area contributed by atoms with Crippen molar-refractivity contribution in [1.82, 2.24) is 10.2 Å². The Morgan fingerprint density at radius 2 is 2.20 bits per heavy atom. The van der Waals surface area contributed by atoms with Crippen LogP contribution in [-0.4, -0.2) is 48.2 Å². The number of likely N-dealkylation sites (tertiary alicyclic amines) is 1. The molecule has 0 saturated carbocycles. The first-order valence-corrected chi connectivity index (χ1v) is 5.75. The lowest BCUT2D eigenvalue weighted by Crippen LogP contribution is -2.51. The highest BCUT2D eigenvalue weighted by atomic mass is 16.3. The van der Waals surface area contributed by atoms with Crippen LogP contribution in [-0.2, 0) is 4.79 Å². The highest BCUT2D eigenvalue weighted by molar-refractivity contribution is 5.76. The molecule has 1 saturated heterocycles. The number of rotatable bonds is 6. The first kappa shape index (κ1) is 12.5. The Morgan fingerprint density at radius 1 is 1.53 bits per heavy atom. The van der Waals surface area contributed by atoms with E-state index in [1.165, 1.54) is 0 Å². The summed E-state index contributed by atoms with van der Waals surface area (Å²) >= 11 is 0. The highest BCUT2D eigenvalue weighted by Crippen LogP contribution is 2.15. The average molecular weight is 214 g/mol. The van der Waals surface area contributed by atoms with Crippen LogP contribution < -0.4 is 5.32 Å². The van der Waals surface area contributed by atoms with Gasteiger partial charge in [0.15, 0.2) is 0 Å².